The van der Waals surface area contributed by atoms with Gasteiger partial charge in [0.1, 0.15) is 23.6 Å². The lowest BCUT2D eigenvalue weighted by atomic mass is 10.0. The lowest BCUT2D eigenvalue weighted by molar-refractivity contribution is 0.0254. The SMILES string of the molecule is N#Cc1cc(-c2c[nH]c3ncc(C(=O)O)cc23)ccc1OC1CCOCC1. The maximum atomic E-state index is 11.2. The number of nitrogens with zero attached hydrogens (tertiary/aromatic N) is 2. The summed E-state index contributed by atoms with van der Waals surface area (Å²) in [6.45, 7) is 1.33. The van der Waals surface area contributed by atoms with Crippen molar-refractivity contribution in [3.05, 3.63) is 47.8 Å². The molecule has 3 aromatic rings. The number of rotatable bonds is 4. The largest absolute Gasteiger partial charge is 0.489 e. The smallest absolute Gasteiger partial charge is 0.337 e. The molecule has 0 spiro atoms. The molecular formula is C20H17N3O4. The van der Waals surface area contributed by atoms with Crippen molar-refractivity contribution in [3.8, 4) is 22.9 Å². The number of benzene rings is 1. The molecule has 0 aliphatic carbocycles. The summed E-state index contributed by atoms with van der Waals surface area (Å²) in [5, 5.41) is 19.4. The number of H-pyrrole nitrogens is 1. The summed E-state index contributed by atoms with van der Waals surface area (Å²) in [6, 6.07) is 9.18. The summed E-state index contributed by atoms with van der Waals surface area (Å²) in [5.41, 5.74) is 2.73. The molecular weight excluding hydrogens is 346 g/mol. The van der Waals surface area contributed by atoms with Crippen LogP contribution >= 0.6 is 0 Å². The van der Waals surface area contributed by atoms with Crippen molar-refractivity contribution in [1.82, 2.24) is 9.97 Å². The lowest BCUT2D eigenvalue weighted by Crippen LogP contribution is -2.26. The number of nitrogens with one attached hydrogen (secondary N) is 1. The Morgan fingerprint density at radius 3 is 2.89 bits per heavy atom. The fraction of sp³-hybridized carbons (Fsp3) is 0.250. The maximum absolute atomic E-state index is 11.2. The number of hydrogen-bond donors (Lipinski definition) is 2. The van der Waals surface area contributed by atoms with Gasteiger partial charge in [0, 0.05) is 36.2 Å². The first-order chi connectivity index (χ1) is 13.2. The van der Waals surface area contributed by atoms with Crippen molar-refractivity contribution >= 4 is 17.0 Å². The molecule has 7 nitrogen and oxygen atoms in total. The summed E-state index contributed by atoms with van der Waals surface area (Å²) in [5.74, 6) is -0.480. The molecule has 27 heavy (non-hydrogen) atoms. The molecule has 2 aromatic heterocycles. The van der Waals surface area contributed by atoms with Crippen molar-refractivity contribution in [2.45, 2.75) is 18.9 Å². The number of hydrogen-bond acceptors (Lipinski definition) is 5. The molecule has 2 N–H and O–H groups in total. The van der Waals surface area contributed by atoms with Crippen molar-refractivity contribution in [2.24, 2.45) is 0 Å². The van der Waals surface area contributed by atoms with Crippen LogP contribution in [0.1, 0.15) is 28.8 Å². The van der Waals surface area contributed by atoms with Gasteiger partial charge in [0.15, 0.2) is 0 Å². The average Bonchev–Trinajstić information content (AvgIpc) is 3.12. The Hall–Kier alpha value is -3.37. The summed E-state index contributed by atoms with van der Waals surface area (Å²) >= 11 is 0. The van der Waals surface area contributed by atoms with Gasteiger partial charge < -0.3 is 19.6 Å². The first-order valence-electron chi connectivity index (χ1n) is 8.65. The highest BCUT2D eigenvalue weighted by molar-refractivity contribution is 5.98. The number of aromatic carboxylic acids is 1. The molecule has 1 fully saturated rings. The molecule has 3 heterocycles. The molecule has 1 saturated heterocycles. The number of nitriles is 1. The molecule has 0 saturated carbocycles. The second kappa shape index (κ2) is 7.09. The van der Waals surface area contributed by atoms with Crippen LogP contribution in [0.3, 0.4) is 0 Å². The highest BCUT2D eigenvalue weighted by Gasteiger charge is 2.18. The summed E-state index contributed by atoms with van der Waals surface area (Å²) < 4.78 is 11.3. The Balaban J connectivity index is 1.70. The van der Waals surface area contributed by atoms with Gasteiger partial charge >= 0.3 is 5.97 Å². The molecule has 4 rings (SSSR count). The van der Waals surface area contributed by atoms with Crippen LogP contribution in [-0.4, -0.2) is 40.4 Å². The molecule has 0 amide bonds. The Morgan fingerprint density at radius 2 is 2.15 bits per heavy atom. The highest BCUT2D eigenvalue weighted by atomic mass is 16.5. The topological polar surface area (TPSA) is 108 Å². The zero-order valence-electron chi connectivity index (χ0n) is 14.4. The van der Waals surface area contributed by atoms with Gasteiger partial charge in [-0.2, -0.15) is 5.26 Å². The van der Waals surface area contributed by atoms with Gasteiger partial charge in [-0.3, -0.25) is 0 Å². The van der Waals surface area contributed by atoms with E-state index in [1.54, 1.807) is 24.4 Å². The van der Waals surface area contributed by atoms with Gasteiger partial charge in [0.05, 0.1) is 24.3 Å². The van der Waals surface area contributed by atoms with Crippen molar-refractivity contribution in [2.75, 3.05) is 13.2 Å². The third-order valence-electron chi connectivity index (χ3n) is 4.65. The Morgan fingerprint density at radius 1 is 1.33 bits per heavy atom. The fourth-order valence-corrected chi connectivity index (χ4v) is 3.22. The van der Waals surface area contributed by atoms with Crippen LogP contribution in [0.5, 0.6) is 5.75 Å². The first-order valence-corrected chi connectivity index (χ1v) is 8.65. The Kier molecular flexibility index (Phi) is 4.48. The van der Waals surface area contributed by atoms with Crippen molar-refractivity contribution < 1.29 is 19.4 Å². The Labute approximate surface area is 155 Å². The normalized spacial score (nSPS) is 14.8. The highest BCUT2D eigenvalue weighted by Crippen LogP contribution is 2.32. The average molecular weight is 363 g/mol. The number of aromatic amines is 1. The number of fused-ring (bicyclic) bond motifs is 1. The molecule has 1 aliphatic heterocycles. The number of pyridine rings is 1. The second-order valence-corrected chi connectivity index (χ2v) is 6.38. The van der Waals surface area contributed by atoms with E-state index in [-0.39, 0.29) is 11.7 Å². The standard InChI is InChI=1S/C20H17N3O4/c21-9-13-7-12(1-2-18(13)27-15-3-5-26-6-4-15)17-11-23-19-16(17)8-14(10-22-19)20(24)25/h1-2,7-8,10-11,15H,3-6H2,(H,22,23)(H,24,25). The van der Waals surface area contributed by atoms with Gasteiger partial charge in [-0.1, -0.05) is 6.07 Å². The predicted octanol–water partition coefficient (Wildman–Crippen LogP) is 3.36. The van der Waals surface area contributed by atoms with E-state index in [1.807, 2.05) is 6.07 Å². The van der Waals surface area contributed by atoms with Gasteiger partial charge in [-0.15, -0.1) is 0 Å². The molecule has 0 atom stereocenters. The molecule has 0 bridgehead atoms. The van der Waals surface area contributed by atoms with Gasteiger partial charge in [-0.05, 0) is 23.8 Å². The van der Waals surface area contributed by atoms with E-state index in [0.29, 0.717) is 35.6 Å². The molecule has 7 heteroatoms. The second-order valence-electron chi connectivity index (χ2n) is 6.38. The quantitative estimate of drug-likeness (QED) is 0.736. The van der Waals surface area contributed by atoms with Gasteiger partial charge in [0.25, 0.3) is 0 Å². The molecule has 0 radical (unpaired) electrons. The number of aromatic nitrogens is 2. The molecule has 1 aromatic carbocycles. The van der Waals surface area contributed by atoms with Crippen molar-refractivity contribution in [3.63, 3.8) is 0 Å². The zero-order chi connectivity index (χ0) is 18.8. The summed E-state index contributed by atoms with van der Waals surface area (Å²) in [7, 11) is 0. The van der Waals surface area contributed by atoms with Crippen LogP contribution in [0.2, 0.25) is 0 Å². The minimum Gasteiger partial charge on any atom is -0.489 e. The monoisotopic (exact) mass is 363 g/mol. The van der Waals surface area contributed by atoms with E-state index < -0.39 is 5.97 Å². The van der Waals surface area contributed by atoms with Crippen LogP contribution in [-0.2, 0) is 4.74 Å². The van der Waals surface area contributed by atoms with E-state index in [1.165, 1.54) is 6.20 Å². The van der Waals surface area contributed by atoms with Gasteiger partial charge in [-0.25, -0.2) is 9.78 Å². The van der Waals surface area contributed by atoms with Crippen LogP contribution in [0.25, 0.3) is 22.2 Å². The van der Waals surface area contributed by atoms with E-state index in [0.717, 1.165) is 24.0 Å². The van der Waals surface area contributed by atoms with Crippen LogP contribution in [0.15, 0.2) is 36.7 Å². The van der Waals surface area contributed by atoms with E-state index in [2.05, 4.69) is 16.0 Å². The minimum atomic E-state index is -1.03. The van der Waals surface area contributed by atoms with E-state index in [9.17, 15) is 15.2 Å². The number of carbonyl (C=O) groups is 1. The van der Waals surface area contributed by atoms with Crippen molar-refractivity contribution in [1.29, 1.82) is 5.26 Å². The van der Waals surface area contributed by atoms with E-state index in [4.69, 9.17) is 9.47 Å². The van der Waals surface area contributed by atoms with E-state index >= 15 is 0 Å². The predicted molar refractivity (Wildman–Crippen MR) is 97.7 cm³/mol. The number of carboxylic acid groups (broad SMARTS) is 1. The fourth-order valence-electron chi connectivity index (χ4n) is 3.22. The van der Waals surface area contributed by atoms with Crippen LogP contribution in [0.4, 0.5) is 0 Å². The molecule has 0 unspecified atom stereocenters. The zero-order valence-corrected chi connectivity index (χ0v) is 14.4. The summed E-state index contributed by atoms with van der Waals surface area (Å²) in [6.07, 6.45) is 4.74. The third kappa shape index (κ3) is 3.35. The first kappa shape index (κ1) is 17.1. The maximum Gasteiger partial charge on any atom is 0.337 e. The molecule has 1 aliphatic rings. The lowest BCUT2D eigenvalue weighted by Gasteiger charge is -2.23. The Bertz CT molecular complexity index is 1050. The minimum absolute atomic E-state index is 0.0483. The van der Waals surface area contributed by atoms with Gasteiger partial charge in [0.2, 0.25) is 0 Å². The number of carboxylic acids is 1. The van der Waals surface area contributed by atoms with Crippen LogP contribution < -0.4 is 4.74 Å². The summed E-state index contributed by atoms with van der Waals surface area (Å²) in [4.78, 5) is 18.4. The third-order valence-corrected chi connectivity index (χ3v) is 4.65. The number of ether oxygens (including phenoxy) is 2. The molecule has 136 valence electrons. The van der Waals surface area contributed by atoms with Crippen LogP contribution in [0, 0.1) is 11.3 Å².